The third-order valence-corrected chi connectivity index (χ3v) is 4.38. The molecule has 1 aliphatic heterocycles. The fourth-order valence-electron chi connectivity index (χ4n) is 2.81. The summed E-state index contributed by atoms with van der Waals surface area (Å²) in [6, 6.07) is 3.77. The Morgan fingerprint density at radius 1 is 1.26 bits per heavy atom. The van der Waals surface area contributed by atoms with Crippen LogP contribution < -0.4 is 10.6 Å². The second-order valence-electron chi connectivity index (χ2n) is 7.18. The molecule has 27 heavy (non-hydrogen) atoms. The van der Waals surface area contributed by atoms with E-state index in [1.165, 1.54) is 12.1 Å². The van der Waals surface area contributed by atoms with Crippen molar-refractivity contribution in [2.24, 2.45) is 5.92 Å². The van der Waals surface area contributed by atoms with E-state index in [1.807, 2.05) is 13.8 Å². The first kappa shape index (κ1) is 20.7. The van der Waals surface area contributed by atoms with Gasteiger partial charge in [-0.1, -0.05) is 26.0 Å². The monoisotopic (exact) mass is 385 g/mol. The number of carbonyl (C=O) groups excluding carboxylic acids is 3. The van der Waals surface area contributed by atoms with Gasteiger partial charge in [-0.2, -0.15) is 13.2 Å². The van der Waals surface area contributed by atoms with E-state index >= 15 is 0 Å². The number of nitrogens with one attached hydrogen (secondary N) is 2. The van der Waals surface area contributed by atoms with Crippen LogP contribution in [0.1, 0.15) is 39.2 Å². The zero-order chi connectivity index (χ0) is 20.4. The molecule has 2 rings (SSSR count). The topological polar surface area (TPSA) is 78.5 Å². The van der Waals surface area contributed by atoms with E-state index in [2.05, 4.69) is 10.6 Å². The maximum Gasteiger partial charge on any atom is 0.418 e. The smallest absolute Gasteiger partial charge is 0.324 e. The summed E-state index contributed by atoms with van der Waals surface area (Å²) < 4.78 is 39.0. The SMILES string of the molecule is CC(C)CC[C@@]1(C)NC(=O)N(CC(=O)Nc2ccccc2C(F)(F)F)C1=O. The minimum Gasteiger partial charge on any atom is -0.324 e. The molecule has 2 N–H and O–H groups in total. The first-order chi connectivity index (χ1) is 12.4. The molecule has 0 unspecified atom stereocenters. The van der Waals surface area contributed by atoms with Crippen molar-refractivity contribution in [1.82, 2.24) is 10.2 Å². The summed E-state index contributed by atoms with van der Waals surface area (Å²) >= 11 is 0. The number of urea groups is 1. The molecule has 0 aliphatic carbocycles. The highest BCUT2D eigenvalue weighted by Crippen LogP contribution is 2.34. The van der Waals surface area contributed by atoms with Crippen molar-refractivity contribution in [2.45, 2.75) is 45.3 Å². The van der Waals surface area contributed by atoms with Crippen LogP contribution in [0.2, 0.25) is 0 Å². The molecule has 0 radical (unpaired) electrons. The number of hydrogen-bond acceptors (Lipinski definition) is 3. The van der Waals surface area contributed by atoms with E-state index in [-0.39, 0.29) is 0 Å². The van der Waals surface area contributed by atoms with Gasteiger partial charge in [-0.3, -0.25) is 14.5 Å². The predicted octanol–water partition coefficient (Wildman–Crippen LogP) is 3.39. The van der Waals surface area contributed by atoms with Crippen LogP contribution in [0.4, 0.5) is 23.7 Å². The van der Waals surface area contributed by atoms with Crippen molar-refractivity contribution >= 4 is 23.5 Å². The number of nitrogens with zero attached hydrogens (tertiary/aromatic N) is 1. The Morgan fingerprint density at radius 3 is 2.48 bits per heavy atom. The Bertz CT molecular complexity index is 749. The normalized spacial score (nSPS) is 20.2. The number of rotatable bonds is 6. The molecule has 148 valence electrons. The molecular weight excluding hydrogens is 363 g/mol. The highest BCUT2D eigenvalue weighted by atomic mass is 19.4. The van der Waals surface area contributed by atoms with Crippen LogP contribution in [-0.4, -0.2) is 34.8 Å². The van der Waals surface area contributed by atoms with Crippen LogP contribution >= 0.6 is 0 Å². The fraction of sp³-hybridized carbons (Fsp3) is 0.500. The Hall–Kier alpha value is -2.58. The Balaban J connectivity index is 2.09. The summed E-state index contributed by atoms with van der Waals surface area (Å²) in [6.07, 6.45) is -3.54. The molecule has 1 aliphatic rings. The fourth-order valence-corrected chi connectivity index (χ4v) is 2.81. The van der Waals surface area contributed by atoms with Gasteiger partial charge in [0.2, 0.25) is 5.91 Å². The molecule has 1 aromatic rings. The molecule has 0 spiro atoms. The molecular formula is C18H22F3N3O3. The van der Waals surface area contributed by atoms with Crippen LogP contribution in [0, 0.1) is 5.92 Å². The summed E-state index contributed by atoms with van der Waals surface area (Å²) in [6.45, 7) is 4.88. The van der Waals surface area contributed by atoms with Crippen molar-refractivity contribution in [2.75, 3.05) is 11.9 Å². The minimum absolute atomic E-state index is 0.322. The van der Waals surface area contributed by atoms with E-state index in [0.29, 0.717) is 18.8 Å². The molecule has 1 atom stereocenters. The van der Waals surface area contributed by atoms with Gasteiger partial charge >= 0.3 is 12.2 Å². The first-order valence-electron chi connectivity index (χ1n) is 8.54. The van der Waals surface area contributed by atoms with E-state index in [4.69, 9.17) is 0 Å². The highest BCUT2D eigenvalue weighted by Gasteiger charge is 2.48. The van der Waals surface area contributed by atoms with Crippen molar-refractivity contribution in [3.05, 3.63) is 29.8 Å². The molecule has 1 aromatic carbocycles. The lowest BCUT2D eigenvalue weighted by Crippen LogP contribution is -2.44. The number of alkyl halides is 3. The zero-order valence-corrected chi connectivity index (χ0v) is 15.3. The summed E-state index contributed by atoms with van der Waals surface area (Å²) in [7, 11) is 0. The Kier molecular flexibility index (Phi) is 5.82. The first-order valence-corrected chi connectivity index (χ1v) is 8.54. The number of para-hydroxylation sites is 1. The molecule has 1 saturated heterocycles. The van der Waals surface area contributed by atoms with Crippen LogP contribution in [0.15, 0.2) is 24.3 Å². The van der Waals surface area contributed by atoms with Gasteiger partial charge in [0.1, 0.15) is 12.1 Å². The van der Waals surface area contributed by atoms with E-state index in [9.17, 15) is 27.6 Å². The van der Waals surface area contributed by atoms with Crippen LogP contribution in [0.3, 0.4) is 0 Å². The zero-order valence-electron chi connectivity index (χ0n) is 15.3. The number of hydrogen-bond donors (Lipinski definition) is 2. The second-order valence-corrected chi connectivity index (χ2v) is 7.18. The maximum absolute atomic E-state index is 13.0. The molecule has 1 heterocycles. The van der Waals surface area contributed by atoms with E-state index < -0.39 is 47.4 Å². The van der Waals surface area contributed by atoms with E-state index in [1.54, 1.807) is 6.92 Å². The van der Waals surface area contributed by atoms with Crippen molar-refractivity contribution < 1.29 is 27.6 Å². The van der Waals surface area contributed by atoms with Crippen LogP contribution in [-0.2, 0) is 15.8 Å². The lowest BCUT2D eigenvalue weighted by molar-refractivity contribution is -0.137. The predicted molar refractivity (Wildman–Crippen MR) is 92.8 cm³/mol. The average molecular weight is 385 g/mol. The maximum atomic E-state index is 13.0. The quantitative estimate of drug-likeness (QED) is 0.737. The standard InChI is InChI=1S/C18H22F3N3O3/c1-11(2)8-9-17(3)15(26)24(16(27)23-17)10-14(25)22-13-7-5-4-6-12(13)18(19,20)21/h4-7,11H,8-10H2,1-3H3,(H,22,25)(H,23,27)/t17-/m1/s1. The second kappa shape index (κ2) is 7.58. The van der Waals surface area contributed by atoms with Crippen LogP contribution in [0.5, 0.6) is 0 Å². The van der Waals surface area contributed by atoms with Crippen molar-refractivity contribution in [1.29, 1.82) is 0 Å². The number of anilines is 1. The van der Waals surface area contributed by atoms with Gasteiger partial charge in [0.25, 0.3) is 5.91 Å². The van der Waals surface area contributed by atoms with Gasteiger partial charge in [0.15, 0.2) is 0 Å². The van der Waals surface area contributed by atoms with Crippen molar-refractivity contribution in [3.8, 4) is 0 Å². The molecule has 0 aromatic heterocycles. The lowest BCUT2D eigenvalue weighted by Gasteiger charge is -2.22. The molecule has 0 saturated carbocycles. The molecule has 4 amide bonds. The largest absolute Gasteiger partial charge is 0.418 e. The summed E-state index contributed by atoms with van der Waals surface area (Å²) in [5.41, 5.74) is -2.55. The van der Waals surface area contributed by atoms with E-state index in [0.717, 1.165) is 17.0 Å². The third kappa shape index (κ3) is 4.78. The number of benzene rings is 1. The van der Waals surface area contributed by atoms with Gasteiger partial charge < -0.3 is 10.6 Å². The number of imide groups is 1. The van der Waals surface area contributed by atoms with Crippen molar-refractivity contribution in [3.63, 3.8) is 0 Å². The molecule has 1 fully saturated rings. The summed E-state index contributed by atoms with van der Waals surface area (Å²) in [5, 5.41) is 4.70. The summed E-state index contributed by atoms with van der Waals surface area (Å²) in [4.78, 5) is 37.5. The summed E-state index contributed by atoms with van der Waals surface area (Å²) in [5.74, 6) is -1.13. The Labute approximate surface area is 155 Å². The van der Waals surface area contributed by atoms with Crippen LogP contribution in [0.25, 0.3) is 0 Å². The average Bonchev–Trinajstić information content (AvgIpc) is 2.76. The Morgan fingerprint density at radius 2 is 1.89 bits per heavy atom. The number of amides is 4. The third-order valence-electron chi connectivity index (χ3n) is 4.38. The molecule has 6 nitrogen and oxygen atoms in total. The van der Waals surface area contributed by atoms with Gasteiger partial charge in [0, 0.05) is 0 Å². The minimum atomic E-state index is -4.64. The van der Waals surface area contributed by atoms with Gasteiger partial charge in [0.05, 0.1) is 11.3 Å². The number of halogens is 3. The molecule has 9 heteroatoms. The number of carbonyl (C=O) groups is 3. The molecule has 0 bridgehead atoms. The van der Waals surface area contributed by atoms with Gasteiger partial charge in [-0.25, -0.2) is 4.79 Å². The van der Waals surface area contributed by atoms with Gasteiger partial charge in [-0.15, -0.1) is 0 Å². The lowest BCUT2D eigenvalue weighted by atomic mass is 9.92. The highest BCUT2D eigenvalue weighted by molar-refractivity contribution is 6.10. The van der Waals surface area contributed by atoms with Gasteiger partial charge in [-0.05, 0) is 37.8 Å².